The van der Waals surface area contributed by atoms with Crippen molar-refractivity contribution < 1.29 is 4.74 Å². The van der Waals surface area contributed by atoms with Gasteiger partial charge in [0, 0.05) is 13.7 Å². The highest BCUT2D eigenvalue weighted by Crippen LogP contribution is 1.69. The molecule has 0 bridgehead atoms. The van der Waals surface area contributed by atoms with E-state index in [-0.39, 0.29) is 0 Å². The van der Waals surface area contributed by atoms with Crippen LogP contribution in [-0.2, 0) is 4.74 Å². The number of nitrogens with one attached hydrogen (secondary N) is 1. The molecule has 0 aromatic heterocycles. The molecular formula is C5H12N2O. The normalized spacial score (nSPS) is 10.8. The molecule has 0 aromatic carbocycles. The Morgan fingerprint density at radius 2 is 2.38 bits per heavy atom. The monoisotopic (exact) mass is 116 g/mol. The van der Waals surface area contributed by atoms with Gasteiger partial charge >= 0.3 is 0 Å². The zero-order valence-electron chi connectivity index (χ0n) is 5.05. The molecular weight excluding hydrogens is 104 g/mol. The fourth-order valence-corrected chi connectivity index (χ4v) is 0.316. The SMILES string of the molecule is COC/C=C\CNN. The maximum atomic E-state index is 4.97. The van der Waals surface area contributed by atoms with Crippen LogP contribution in [0.4, 0.5) is 0 Å². The Morgan fingerprint density at radius 1 is 1.62 bits per heavy atom. The number of hydrogen-bond donors (Lipinski definition) is 2. The Balaban J connectivity index is 2.83. The fourth-order valence-electron chi connectivity index (χ4n) is 0.316. The van der Waals surface area contributed by atoms with E-state index in [2.05, 4.69) is 5.43 Å². The van der Waals surface area contributed by atoms with Crippen LogP contribution in [0, 0.1) is 0 Å². The number of methoxy groups -OCH3 is 1. The van der Waals surface area contributed by atoms with Crippen LogP contribution in [0.3, 0.4) is 0 Å². The molecule has 3 heteroatoms. The van der Waals surface area contributed by atoms with Gasteiger partial charge in [0.1, 0.15) is 0 Å². The summed E-state index contributed by atoms with van der Waals surface area (Å²) < 4.78 is 4.73. The smallest absolute Gasteiger partial charge is 0.0644 e. The standard InChI is InChI=1S/C5H12N2O/c1-8-5-3-2-4-7-6/h2-3,7H,4-6H2,1H3/b3-2-. The van der Waals surface area contributed by atoms with Crippen LogP contribution in [0.5, 0.6) is 0 Å². The quantitative estimate of drug-likeness (QED) is 0.300. The van der Waals surface area contributed by atoms with Crippen molar-refractivity contribution in [1.29, 1.82) is 0 Å². The lowest BCUT2D eigenvalue weighted by Gasteiger charge is -1.88. The van der Waals surface area contributed by atoms with Gasteiger partial charge in [-0.2, -0.15) is 0 Å². The Kier molecular flexibility index (Phi) is 6.31. The Morgan fingerprint density at radius 3 is 2.88 bits per heavy atom. The van der Waals surface area contributed by atoms with Crippen LogP contribution in [-0.4, -0.2) is 20.3 Å². The van der Waals surface area contributed by atoms with Gasteiger partial charge in [-0.3, -0.25) is 11.3 Å². The van der Waals surface area contributed by atoms with Crippen LogP contribution >= 0.6 is 0 Å². The van der Waals surface area contributed by atoms with Crippen LogP contribution in [0.1, 0.15) is 0 Å². The van der Waals surface area contributed by atoms with E-state index < -0.39 is 0 Å². The summed E-state index contributed by atoms with van der Waals surface area (Å²) in [4.78, 5) is 0. The van der Waals surface area contributed by atoms with Crippen molar-refractivity contribution in [1.82, 2.24) is 5.43 Å². The van der Waals surface area contributed by atoms with Crippen molar-refractivity contribution in [2.75, 3.05) is 20.3 Å². The molecule has 8 heavy (non-hydrogen) atoms. The molecule has 0 aliphatic heterocycles. The van der Waals surface area contributed by atoms with E-state index >= 15 is 0 Å². The molecule has 0 rings (SSSR count). The summed E-state index contributed by atoms with van der Waals surface area (Å²) in [5.74, 6) is 4.97. The third-order valence-electron chi connectivity index (χ3n) is 0.665. The predicted molar refractivity (Wildman–Crippen MR) is 33.2 cm³/mol. The maximum absolute atomic E-state index is 4.97. The Hall–Kier alpha value is -0.380. The second-order valence-corrected chi connectivity index (χ2v) is 1.33. The van der Waals surface area contributed by atoms with E-state index in [4.69, 9.17) is 10.6 Å². The van der Waals surface area contributed by atoms with Crippen LogP contribution in [0.15, 0.2) is 12.2 Å². The first-order chi connectivity index (χ1) is 3.91. The summed E-state index contributed by atoms with van der Waals surface area (Å²) >= 11 is 0. The van der Waals surface area contributed by atoms with Crippen molar-refractivity contribution in [3.05, 3.63) is 12.2 Å². The number of rotatable bonds is 4. The molecule has 0 amide bonds. The van der Waals surface area contributed by atoms with E-state index in [9.17, 15) is 0 Å². The van der Waals surface area contributed by atoms with Gasteiger partial charge in [-0.15, -0.1) is 0 Å². The summed E-state index contributed by atoms with van der Waals surface area (Å²) in [7, 11) is 1.65. The van der Waals surface area contributed by atoms with Crippen molar-refractivity contribution in [2.45, 2.75) is 0 Å². The molecule has 0 aliphatic rings. The van der Waals surface area contributed by atoms with Gasteiger partial charge in [0.25, 0.3) is 0 Å². The first-order valence-electron chi connectivity index (χ1n) is 2.49. The van der Waals surface area contributed by atoms with Crippen molar-refractivity contribution >= 4 is 0 Å². The summed E-state index contributed by atoms with van der Waals surface area (Å²) in [6.07, 6.45) is 3.81. The van der Waals surface area contributed by atoms with E-state index in [0.29, 0.717) is 13.2 Å². The van der Waals surface area contributed by atoms with Gasteiger partial charge in [-0.25, -0.2) is 0 Å². The second-order valence-electron chi connectivity index (χ2n) is 1.33. The summed E-state index contributed by atoms with van der Waals surface area (Å²) in [5, 5.41) is 0. The van der Waals surface area contributed by atoms with Gasteiger partial charge in [0.15, 0.2) is 0 Å². The molecule has 0 saturated heterocycles. The molecule has 0 fully saturated rings. The largest absolute Gasteiger partial charge is 0.381 e. The molecule has 48 valence electrons. The highest BCUT2D eigenvalue weighted by Gasteiger charge is 1.69. The third kappa shape index (κ3) is 5.62. The zero-order valence-corrected chi connectivity index (χ0v) is 5.05. The lowest BCUT2D eigenvalue weighted by molar-refractivity contribution is 0.233. The molecule has 0 atom stereocenters. The topological polar surface area (TPSA) is 47.3 Å². The van der Waals surface area contributed by atoms with E-state index in [1.54, 1.807) is 7.11 Å². The minimum Gasteiger partial charge on any atom is -0.381 e. The summed E-state index contributed by atoms with van der Waals surface area (Å²) in [6, 6.07) is 0. The third-order valence-corrected chi connectivity index (χ3v) is 0.665. The van der Waals surface area contributed by atoms with E-state index in [0.717, 1.165) is 0 Å². The Bertz CT molecular complexity index is 55.4. The molecule has 3 N–H and O–H groups in total. The van der Waals surface area contributed by atoms with Crippen LogP contribution in [0.25, 0.3) is 0 Å². The van der Waals surface area contributed by atoms with E-state index in [1.807, 2.05) is 12.2 Å². The number of hydrogen-bond acceptors (Lipinski definition) is 3. The molecule has 0 heterocycles. The summed E-state index contributed by atoms with van der Waals surface area (Å²) in [6.45, 7) is 1.35. The minimum atomic E-state index is 0.654. The molecule has 0 spiro atoms. The van der Waals surface area contributed by atoms with E-state index in [1.165, 1.54) is 0 Å². The van der Waals surface area contributed by atoms with Gasteiger partial charge in [-0.1, -0.05) is 12.2 Å². The predicted octanol–water partition coefficient (Wildman–Crippen LogP) is -0.348. The number of ether oxygens (including phenoxy) is 1. The minimum absolute atomic E-state index is 0.654. The van der Waals surface area contributed by atoms with Gasteiger partial charge in [-0.05, 0) is 0 Å². The van der Waals surface area contributed by atoms with Gasteiger partial charge < -0.3 is 4.74 Å². The molecule has 0 unspecified atom stereocenters. The molecule has 0 saturated carbocycles. The molecule has 0 aliphatic carbocycles. The number of hydrazine groups is 1. The van der Waals surface area contributed by atoms with Gasteiger partial charge in [0.05, 0.1) is 6.61 Å². The Labute approximate surface area is 49.5 Å². The van der Waals surface area contributed by atoms with Crippen molar-refractivity contribution in [2.24, 2.45) is 5.84 Å². The average Bonchev–Trinajstić information content (AvgIpc) is 1.81. The van der Waals surface area contributed by atoms with Crippen molar-refractivity contribution in [3.63, 3.8) is 0 Å². The molecule has 3 nitrogen and oxygen atoms in total. The van der Waals surface area contributed by atoms with Crippen LogP contribution < -0.4 is 11.3 Å². The zero-order chi connectivity index (χ0) is 6.24. The first kappa shape index (κ1) is 7.62. The fraction of sp³-hybridized carbons (Fsp3) is 0.600. The summed E-state index contributed by atoms with van der Waals surface area (Å²) in [5.41, 5.74) is 2.48. The highest BCUT2D eigenvalue weighted by atomic mass is 16.5. The van der Waals surface area contributed by atoms with Crippen LogP contribution in [0.2, 0.25) is 0 Å². The van der Waals surface area contributed by atoms with Crippen molar-refractivity contribution in [3.8, 4) is 0 Å². The maximum Gasteiger partial charge on any atom is 0.0644 e. The first-order valence-corrected chi connectivity index (χ1v) is 2.49. The average molecular weight is 116 g/mol. The number of nitrogens with two attached hydrogens (primary N) is 1. The second kappa shape index (κ2) is 6.62. The highest BCUT2D eigenvalue weighted by molar-refractivity contribution is 4.82. The lowest BCUT2D eigenvalue weighted by Crippen LogP contribution is -2.21. The molecule has 0 aromatic rings. The lowest BCUT2D eigenvalue weighted by atomic mass is 10.5. The van der Waals surface area contributed by atoms with Gasteiger partial charge in [0.2, 0.25) is 0 Å². The molecule has 0 radical (unpaired) electrons.